The molecule has 0 fully saturated rings. The van der Waals surface area contributed by atoms with Crippen molar-refractivity contribution in [3.8, 4) is 5.75 Å². The summed E-state index contributed by atoms with van der Waals surface area (Å²) in [6.45, 7) is 0.254. The van der Waals surface area contributed by atoms with Gasteiger partial charge in [-0.15, -0.1) is 0 Å². The molecular weight excluding hydrogens is 503 g/mol. The Morgan fingerprint density at radius 1 is 1.10 bits per heavy atom. The molecule has 3 aromatic carbocycles. The fourth-order valence-electron chi connectivity index (χ4n) is 2.86. The maximum absolute atomic E-state index is 12.3. The SMILES string of the molecule is O=C(NN=Cc1cc(Br)ccc1OCc1ccc(Cl)cc1Cl)c1cc2ccccc2o1. The summed E-state index contributed by atoms with van der Waals surface area (Å²) in [5, 5.41) is 5.98. The van der Waals surface area contributed by atoms with Gasteiger partial charge in [0, 0.05) is 31.0 Å². The minimum absolute atomic E-state index is 0.182. The second-order valence-corrected chi connectivity index (χ2v) is 8.31. The van der Waals surface area contributed by atoms with Gasteiger partial charge in [-0.25, -0.2) is 5.43 Å². The highest BCUT2D eigenvalue weighted by Gasteiger charge is 2.11. The van der Waals surface area contributed by atoms with Crippen LogP contribution in [0.5, 0.6) is 5.75 Å². The van der Waals surface area contributed by atoms with Gasteiger partial charge in [0.05, 0.1) is 6.21 Å². The maximum atomic E-state index is 12.3. The molecule has 1 amide bonds. The lowest BCUT2D eigenvalue weighted by Gasteiger charge is -2.11. The van der Waals surface area contributed by atoms with E-state index in [1.54, 1.807) is 30.3 Å². The topological polar surface area (TPSA) is 63.8 Å². The highest BCUT2D eigenvalue weighted by atomic mass is 79.9. The van der Waals surface area contributed by atoms with E-state index in [0.717, 1.165) is 15.4 Å². The normalized spacial score (nSPS) is 11.2. The number of hydrogen-bond donors (Lipinski definition) is 1. The van der Waals surface area contributed by atoms with Crippen molar-refractivity contribution in [2.24, 2.45) is 5.10 Å². The lowest BCUT2D eigenvalue weighted by atomic mass is 10.2. The Bertz CT molecular complexity index is 1250. The molecular formula is C23H15BrCl2N2O3. The number of nitrogens with one attached hydrogen (secondary N) is 1. The highest BCUT2D eigenvalue weighted by Crippen LogP contribution is 2.26. The van der Waals surface area contributed by atoms with Crippen LogP contribution in [0.1, 0.15) is 21.7 Å². The number of carbonyl (C=O) groups excluding carboxylic acids is 1. The average molecular weight is 518 g/mol. The molecule has 8 heteroatoms. The molecule has 31 heavy (non-hydrogen) atoms. The van der Waals surface area contributed by atoms with E-state index in [1.165, 1.54) is 6.21 Å². The van der Waals surface area contributed by atoms with Crippen LogP contribution in [0.3, 0.4) is 0 Å². The van der Waals surface area contributed by atoms with Crippen LogP contribution in [0.4, 0.5) is 0 Å². The zero-order valence-corrected chi connectivity index (χ0v) is 19.0. The van der Waals surface area contributed by atoms with Crippen molar-refractivity contribution in [1.82, 2.24) is 5.43 Å². The van der Waals surface area contributed by atoms with Gasteiger partial charge in [-0.05, 0) is 42.5 Å². The van der Waals surface area contributed by atoms with E-state index in [-0.39, 0.29) is 12.4 Å². The van der Waals surface area contributed by atoms with Gasteiger partial charge in [0.25, 0.3) is 0 Å². The minimum atomic E-state index is -0.446. The Hall–Kier alpha value is -2.80. The van der Waals surface area contributed by atoms with Crippen molar-refractivity contribution in [3.05, 3.63) is 98.1 Å². The molecule has 0 unspecified atom stereocenters. The van der Waals surface area contributed by atoms with Crippen LogP contribution in [0.25, 0.3) is 11.0 Å². The standard InChI is InChI=1S/C23H15BrCl2N2O3/c24-17-6-8-20(30-13-15-5-7-18(25)11-19(15)26)16(9-17)12-27-28-23(29)22-10-14-3-1-2-4-21(14)31-22/h1-12H,13H2,(H,28,29). The third-order valence-corrected chi connectivity index (χ3v) is 5.47. The van der Waals surface area contributed by atoms with Gasteiger partial charge in [-0.3, -0.25) is 4.79 Å². The van der Waals surface area contributed by atoms with Gasteiger partial charge < -0.3 is 9.15 Å². The van der Waals surface area contributed by atoms with Gasteiger partial charge in [-0.1, -0.05) is 63.4 Å². The zero-order chi connectivity index (χ0) is 21.8. The number of furan rings is 1. The van der Waals surface area contributed by atoms with Gasteiger partial charge in [-0.2, -0.15) is 5.10 Å². The molecule has 0 radical (unpaired) electrons. The maximum Gasteiger partial charge on any atom is 0.307 e. The summed E-state index contributed by atoms with van der Waals surface area (Å²) in [5.74, 6) is 0.315. The van der Waals surface area contributed by atoms with Crippen LogP contribution in [0, 0.1) is 0 Å². The number of halogens is 3. The Kier molecular flexibility index (Phi) is 6.61. The van der Waals surface area contributed by atoms with Crippen molar-refractivity contribution < 1.29 is 13.9 Å². The van der Waals surface area contributed by atoms with Gasteiger partial charge in [0.15, 0.2) is 5.76 Å². The summed E-state index contributed by atoms with van der Waals surface area (Å²) in [7, 11) is 0. The molecule has 0 saturated heterocycles. The van der Waals surface area contributed by atoms with Crippen LogP contribution in [0.2, 0.25) is 10.0 Å². The molecule has 0 atom stereocenters. The van der Waals surface area contributed by atoms with Crippen LogP contribution in [-0.4, -0.2) is 12.1 Å². The smallest absolute Gasteiger partial charge is 0.307 e. The second-order valence-electron chi connectivity index (χ2n) is 6.55. The Morgan fingerprint density at radius 2 is 1.94 bits per heavy atom. The number of fused-ring (bicyclic) bond motifs is 1. The number of hydrogen-bond acceptors (Lipinski definition) is 4. The Morgan fingerprint density at radius 3 is 2.74 bits per heavy atom. The summed E-state index contributed by atoms with van der Waals surface area (Å²) < 4.78 is 12.3. The molecule has 0 aliphatic heterocycles. The fourth-order valence-corrected chi connectivity index (χ4v) is 3.70. The van der Waals surface area contributed by atoms with E-state index in [9.17, 15) is 4.79 Å². The summed E-state index contributed by atoms with van der Waals surface area (Å²) in [4.78, 5) is 12.3. The van der Waals surface area contributed by atoms with Gasteiger partial charge >= 0.3 is 5.91 Å². The van der Waals surface area contributed by atoms with Gasteiger partial charge in [0.1, 0.15) is 17.9 Å². The van der Waals surface area contributed by atoms with Crippen LogP contribution in [0.15, 0.2) is 80.7 Å². The van der Waals surface area contributed by atoms with Crippen molar-refractivity contribution in [1.29, 1.82) is 0 Å². The number of amides is 1. The number of nitrogens with zero attached hydrogens (tertiary/aromatic N) is 1. The van der Waals surface area contributed by atoms with E-state index in [1.807, 2.05) is 36.4 Å². The monoisotopic (exact) mass is 516 g/mol. The number of rotatable bonds is 6. The van der Waals surface area contributed by atoms with Crippen LogP contribution in [-0.2, 0) is 6.61 Å². The van der Waals surface area contributed by atoms with E-state index < -0.39 is 5.91 Å². The molecule has 0 spiro atoms. The molecule has 1 aromatic heterocycles. The lowest BCUT2D eigenvalue weighted by molar-refractivity contribution is 0.0929. The summed E-state index contributed by atoms with van der Waals surface area (Å²) in [6.07, 6.45) is 1.50. The predicted octanol–water partition coefficient (Wildman–Crippen LogP) is 6.85. The Labute approximate surface area is 196 Å². The third-order valence-electron chi connectivity index (χ3n) is 4.39. The van der Waals surface area contributed by atoms with Crippen molar-refractivity contribution in [3.63, 3.8) is 0 Å². The first kappa shape index (κ1) is 21.4. The number of para-hydroxylation sites is 1. The molecule has 0 bridgehead atoms. The molecule has 1 heterocycles. The van der Waals surface area contributed by atoms with Crippen molar-refractivity contribution >= 4 is 62.2 Å². The molecule has 156 valence electrons. The van der Waals surface area contributed by atoms with E-state index >= 15 is 0 Å². The summed E-state index contributed by atoms with van der Waals surface area (Å²) in [6, 6.07) is 19.8. The summed E-state index contributed by atoms with van der Waals surface area (Å²) in [5.41, 5.74) is 4.59. The van der Waals surface area contributed by atoms with E-state index in [4.69, 9.17) is 32.4 Å². The quantitative estimate of drug-likeness (QED) is 0.225. The average Bonchev–Trinajstić information content (AvgIpc) is 3.19. The molecule has 1 N–H and O–H groups in total. The van der Waals surface area contributed by atoms with E-state index in [2.05, 4.69) is 26.5 Å². The Balaban J connectivity index is 1.46. The first-order valence-corrected chi connectivity index (χ1v) is 10.7. The third kappa shape index (κ3) is 5.28. The highest BCUT2D eigenvalue weighted by molar-refractivity contribution is 9.10. The number of benzene rings is 3. The minimum Gasteiger partial charge on any atom is -0.488 e. The molecule has 4 aromatic rings. The van der Waals surface area contributed by atoms with Gasteiger partial charge in [0.2, 0.25) is 0 Å². The van der Waals surface area contributed by atoms with E-state index in [0.29, 0.717) is 26.9 Å². The van der Waals surface area contributed by atoms with Crippen molar-refractivity contribution in [2.75, 3.05) is 0 Å². The summed E-state index contributed by atoms with van der Waals surface area (Å²) >= 11 is 15.6. The number of ether oxygens (including phenoxy) is 1. The number of carbonyl (C=O) groups is 1. The van der Waals surface area contributed by atoms with Crippen LogP contribution >= 0.6 is 39.1 Å². The largest absolute Gasteiger partial charge is 0.488 e. The molecule has 4 rings (SSSR count). The molecule has 5 nitrogen and oxygen atoms in total. The second kappa shape index (κ2) is 9.56. The first-order valence-electron chi connectivity index (χ1n) is 9.18. The molecule has 0 aliphatic rings. The molecule has 0 aliphatic carbocycles. The zero-order valence-electron chi connectivity index (χ0n) is 15.9. The lowest BCUT2D eigenvalue weighted by Crippen LogP contribution is -2.16. The van der Waals surface area contributed by atoms with Crippen LogP contribution < -0.4 is 10.2 Å². The number of hydrazone groups is 1. The van der Waals surface area contributed by atoms with Crippen molar-refractivity contribution in [2.45, 2.75) is 6.61 Å². The first-order chi connectivity index (χ1) is 15.0. The molecule has 0 saturated carbocycles. The predicted molar refractivity (Wildman–Crippen MR) is 126 cm³/mol. The fraction of sp³-hybridized carbons (Fsp3) is 0.0435.